The molecular formula is C19H19BrN4O5S. The van der Waals surface area contributed by atoms with Gasteiger partial charge in [-0.05, 0) is 25.0 Å². The second-order valence-electron chi connectivity index (χ2n) is 7.69. The molecule has 0 spiro atoms. The van der Waals surface area contributed by atoms with E-state index in [9.17, 15) is 24.4 Å². The Kier molecular flexibility index (Phi) is 5.13. The fourth-order valence-corrected chi connectivity index (χ4v) is 6.46. The monoisotopic (exact) mass is 494 g/mol. The number of carboxylic acid groups (broad SMARTS) is 1. The number of thioether (sulfide) groups is 1. The molecule has 3 heterocycles. The Hall–Kier alpha value is -2.40. The molecule has 2 saturated heterocycles. The van der Waals surface area contributed by atoms with Gasteiger partial charge in [0.1, 0.15) is 22.8 Å². The van der Waals surface area contributed by atoms with Gasteiger partial charge in [-0.1, -0.05) is 46.3 Å². The molecule has 9 nitrogen and oxygen atoms in total. The number of β-lactam (4-membered cyclic amide) rings is 1. The Labute approximate surface area is 185 Å². The lowest BCUT2D eigenvalue weighted by Crippen LogP contribution is -2.73. The number of rotatable bonds is 5. The third-order valence-electron chi connectivity index (χ3n) is 5.73. The van der Waals surface area contributed by atoms with Gasteiger partial charge in [0, 0.05) is 11.1 Å². The van der Waals surface area contributed by atoms with Gasteiger partial charge in [-0.2, -0.15) is 0 Å². The summed E-state index contributed by atoms with van der Waals surface area (Å²) in [5, 5.41) is 13.7. The number of carbonyl (C=O) groups is 3. The Bertz CT molecular complexity index is 969. The van der Waals surface area contributed by atoms with Crippen molar-refractivity contribution in [1.29, 1.82) is 0 Å². The number of carbonyl (C=O) groups excluding carboxylic acids is 2. The van der Waals surface area contributed by atoms with Gasteiger partial charge >= 0.3 is 5.97 Å². The van der Waals surface area contributed by atoms with Gasteiger partial charge in [0.25, 0.3) is 11.8 Å². The van der Waals surface area contributed by atoms with Gasteiger partial charge in [-0.15, -0.1) is 16.7 Å². The lowest BCUT2D eigenvalue weighted by Gasteiger charge is -2.54. The average molecular weight is 495 g/mol. The van der Waals surface area contributed by atoms with E-state index in [4.69, 9.17) is 0 Å². The second-order valence-corrected chi connectivity index (χ2v) is 9.35. The Morgan fingerprint density at radius 3 is 2.50 bits per heavy atom. The molecular weight excluding hydrogens is 476 g/mol. The maximum atomic E-state index is 13.5. The highest BCUT2D eigenvalue weighted by molar-refractivity contribution is 9.09. The van der Waals surface area contributed by atoms with Crippen molar-refractivity contribution in [3.63, 3.8) is 0 Å². The van der Waals surface area contributed by atoms with Crippen LogP contribution in [0.25, 0.3) is 0 Å². The molecule has 0 radical (unpaired) electrons. The minimum atomic E-state index is -1.17. The van der Waals surface area contributed by atoms with Gasteiger partial charge in [0.05, 0.1) is 5.29 Å². The summed E-state index contributed by atoms with van der Waals surface area (Å²) in [5.41, 5.74) is 0.0206. The van der Waals surface area contributed by atoms with Crippen molar-refractivity contribution in [3.05, 3.63) is 52.1 Å². The van der Waals surface area contributed by atoms with E-state index in [-0.39, 0.29) is 5.70 Å². The first-order valence-electron chi connectivity index (χ1n) is 9.22. The first kappa shape index (κ1) is 20.9. The SMILES string of the molecule is CC1(C)N(N=O)C(c2ccccc2)C(=O)N1[C@@H]1C(=O)N2C(C(=O)O)=C(CBr)CS[C@@H]12. The van der Waals surface area contributed by atoms with Crippen molar-refractivity contribution < 1.29 is 19.5 Å². The van der Waals surface area contributed by atoms with Crippen LogP contribution >= 0.6 is 27.7 Å². The molecule has 2 fully saturated rings. The number of hydrogen-bond donors (Lipinski definition) is 1. The van der Waals surface area contributed by atoms with Crippen LogP contribution in [-0.4, -0.2) is 65.9 Å². The summed E-state index contributed by atoms with van der Waals surface area (Å²) in [4.78, 5) is 52.7. The standard InChI is InChI=1S/C19H19BrN4O5S/c1-19(2)23(16(26)12(24(19)21-29)10-6-4-3-5-7-10)14-15(25)22-13(18(27)28)11(8-20)9-30-17(14)22/h3-7,12,14,17H,8-9H2,1-2H3,(H,27,28)/t12?,14-,17+/m1/s1. The van der Waals surface area contributed by atoms with Crippen molar-refractivity contribution in [3.8, 4) is 0 Å². The first-order chi connectivity index (χ1) is 14.3. The van der Waals surface area contributed by atoms with Crippen molar-refractivity contribution in [2.24, 2.45) is 5.29 Å². The van der Waals surface area contributed by atoms with Crippen LogP contribution in [0.3, 0.4) is 0 Å². The van der Waals surface area contributed by atoms with Gasteiger partial charge < -0.3 is 10.0 Å². The molecule has 2 amide bonds. The number of fused-ring (bicyclic) bond motifs is 1. The molecule has 1 N–H and O–H groups in total. The van der Waals surface area contributed by atoms with Crippen LogP contribution in [0.5, 0.6) is 0 Å². The summed E-state index contributed by atoms with van der Waals surface area (Å²) < 4.78 is 0. The zero-order chi connectivity index (χ0) is 21.8. The van der Waals surface area contributed by atoms with Gasteiger partial charge in [-0.25, -0.2) is 9.80 Å². The fraction of sp³-hybridized carbons (Fsp3) is 0.421. The predicted octanol–water partition coefficient (Wildman–Crippen LogP) is 2.31. The lowest BCUT2D eigenvalue weighted by molar-refractivity contribution is -0.164. The van der Waals surface area contributed by atoms with Crippen LogP contribution in [0.2, 0.25) is 0 Å². The Morgan fingerprint density at radius 2 is 1.93 bits per heavy atom. The number of hydrogen-bond acceptors (Lipinski definition) is 6. The predicted molar refractivity (Wildman–Crippen MR) is 113 cm³/mol. The molecule has 1 unspecified atom stereocenters. The van der Waals surface area contributed by atoms with Crippen molar-refractivity contribution in [2.45, 2.75) is 37.0 Å². The number of alkyl halides is 1. The molecule has 0 aliphatic carbocycles. The second kappa shape index (κ2) is 7.38. The molecule has 1 aromatic rings. The van der Waals surface area contributed by atoms with Crippen molar-refractivity contribution in [1.82, 2.24) is 14.8 Å². The lowest BCUT2D eigenvalue weighted by atomic mass is 9.98. The van der Waals surface area contributed by atoms with E-state index in [1.807, 2.05) is 0 Å². The van der Waals surface area contributed by atoms with Crippen LogP contribution in [0, 0.1) is 4.91 Å². The first-order valence-corrected chi connectivity index (χ1v) is 11.4. The topological polar surface area (TPSA) is 111 Å². The van der Waals surface area contributed by atoms with Crippen molar-refractivity contribution in [2.75, 3.05) is 11.1 Å². The van der Waals surface area contributed by atoms with Crippen LogP contribution in [0.1, 0.15) is 25.5 Å². The molecule has 0 aromatic heterocycles. The molecule has 0 bridgehead atoms. The normalized spacial score (nSPS) is 27.8. The fourth-order valence-electron chi connectivity index (χ4n) is 4.35. The minimum Gasteiger partial charge on any atom is -0.477 e. The third kappa shape index (κ3) is 2.78. The van der Waals surface area contributed by atoms with E-state index in [1.165, 1.54) is 26.6 Å². The largest absolute Gasteiger partial charge is 0.477 e. The number of benzene rings is 1. The minimum absolute atomic E-state index is 0.0358. The highest BCUT2D eigenvalue weighted by atomic mass is 79.9. The summed E-state index contributed by atoms with van der Waals surface area (Å²) in [6.45, 7) is 3.33. The van der Waals surface area contributed by atoms with E-state index < -0.39 is 40.9 Å². The maximum absolute atomic E-state index is 13.5. The van der Waals surface area contributed by atoms with Gasteiger partial charge in [-0.3, -0.25) is 14.5 Å². The average Bonchev–Trinajstić information content (AvgIpc) is 2.92. The number of halogens is 1. The number of carboxylic acids is 1. The van der Waals surface area contributed by atoms with Crippen LogP contribution in [-0.2, 0) is 14.4 Å². The molecule has 158 valence electrons. The van der Waals surface area contributed by atoms with Crippen LogP contribution < -0.4 is 0 Å². The Balaban J connectivity index is 1.72. The number of nitroso groups, excluding NO2 is 1. The van der Waals surface area contributed by atoms with Gasteiger partial charge in [0.2, 0.25) is 0 Å². The zero-order valence-electron chi connectivity index (χ0n) is 16.2. The molecule has 11 heteroatoms. The summed E-state index contributed by atoms with van der Waals surface area (Å²) in [7, 11) is 0. The van der Waals surface area contributed by atoms with E-state index in [0.717, 1.165) is 0 Å². The summed E-state index contributed by atoms with van der Waals surface area (Å²) in [5.74, 6) is -1.62. The zero-order valence-corrected chi connectivity index (χ0v) is 18.6. The van der Waals surface area contributed by atoms with Crippen LogP contribution in [0.4, 0.5) is 0 Å². The maximum Gasteiger partial charge on any atom is 0.352 e. The van der Waals surface area contributed by atoms with E-state index in [2.05, 4.69) is 21.2 Å². The summed E-state index contributed by atoms with van der Waals surface area (Å²) in [6.07, 6.45) is 0. The molecule has 3 aliphatic rings. The van der Waals surface area contributed by atoms with E-state index >= 15 is 0 Å². The summed E-state index contributed by atoms with van der Waals surface area (Å²) in [6, 6.07) is 6.98. The molecule has 3 atom stereocenters. The molecule has 0 saturated carbocycles. The molecule has 4 rings (SSSR count). The highest BCUT2D eigenvalue weighted by Gasteiger charge is 2.64. The molecule has 3 aliphatic heterocycles. The summed E-state index contributed by atoms with van der Waals surface area (Å²) >= 11 is 4.69. The molecule has 30 heavy (non-hydrogen) atoms. The quantitative estimate of drug-likeness (QED) is 0.379. The van der Waals surface area contributed by atoms with Crippen molar-refractivity contribution >= 4 is 45.5 Å². The van der Waals surface area contributed by atoms with Gasteiger partial charge in [0.15, 0.2) is 6.04 Å². The molecule has 1 aromatic carbocycles. The van der Waals surface area contributed by atoms with Crippen LogP contribution in [0.15, 0.2) is 46.9 Å². The third-order valence-corrected chi connectivity index (χ3v) is 7.73. The number of aliphatic carboxylic acids is 1. The van der Waals surface area contributed by atoms with E-state index in [0.29, 0.717) is 22.2 Å². The number of amides is 2. The smallest absolute Gasteiger partial charge is 0.352 e. The van der Waals surface area contributed by atoms with E-state index in [1.54, 1.807) is 44.2 Å². The highest BCUT2D eigenvalue weighted by Crippen LogP contribution is 2.49. The number of nitrogens with zero attached hydrogens (tertiary/aromatic N) is 4. The Morgan fingerprint density at radius 1 is 1.27 bits per heavy atom.